The monoisotopic (exact) mass is 318 g/mol. The van der Waals surface area contributed by atoms with Crippen LogP contribution in [0.2, 0.25) is 0 Å². The summed E-state index contributed by atoms with van der Waals surface area (Å²) >= 11 is 0. The largest absolute Gasteiger partial charge is 0.546 e. The van der Waals surface area contributed by atoms with Crippen LogP contribution in [-0.2, 0) is 4.79 Å². The first-order valence-electron chi connectivity index (χ1n) is 7.16. The van der Waals surface area contributed by atoms with Crippen molar-refractivity contribution in [3.05, 3.63) is 59.9 Å². The minimum Gasteiger partial charge on any atom is -0.546 e. The van der Waals surface area contributed by atoms with E-state index in [9.17, 15) is 15.2 Å². The molecule has 0 radical (unpaired) electrons. The molecule has 0 unspecified atom stereocenters. The Hall–Kier alpha value is -3.59. The summed E-state index contributed by atoms with van der Waals surface area (Å²) in [5.41, 5.74) is 2.48. The van der Waals surface area contributed by atoms with Crippen LogP contribution in [0.4, 0.5) is 0 Å². The predicted octanol–water partition coefficient (Wildman–Crippen LogP) is 1.76. The predicted molar refractivity (Wildman–Crippen MR) is 86.5 cm³/mol. The van der Waals surface area contributed by atoms with E-state index in [2.05, 4.69) is 16.0 Å². The number of allylic oxidation sites excluding steroid dienone is 1. The summed E-state index contributed by atoms with van der Waals surface area (Å²) in [5.74, 6) is -0.523. The maximum Gasteiger partial charge on any atom is 0.149 e. The number of nitrogens with one attached hydrogen (secondary N) is 1. The fraction of sp³-hybridized carbons (Fsp3) is 0.0556. The van der Waals surface area contributed by atoms with Gasteiger partial charge in [-0.1, -0.05) is 30.3 Å². The van der Waals surface area contributed by atoms with Crippen molar-refractivity contribution in [3.8, 4) is 11.8 Å². The molecule has 24 heavy (non-hydrogen) atoms. The number of aliphatic carboxylic acids is 1. The molecule has 2 aromatic carbocycles. The molecular weight excluding hydrogens is 306 g/mol. The molecule has 3 aromatic rings. The van der Waals surface area contributed by atoms with E-state index >= 15 is 0 Å². The molecule has 0 aliphatic rings. The quantitative estimate of drug-likeness (QED) is 0.722. The zero-order valence-electron chi connectivity index (χ0n) is 12.5. The van der Waals surface area contributed by atoms with Crippen LogP contribution >= 0.6 is 0 Å². The number of carbonyl (C=O) groups is 1. The van der Waals surface area contributed by atoms with E-state index < -0.39 is 12.6 Å². The number of fused-ring (bicyclic) bond motifs is 1. The highest BCUT2D eigenvalue weighted by Gasteiger charge is 2.09. The van der Waals surface area contributed by atoms with E-state index in [1.807, 2.05) is 24.3 Å². The number of benzene rings is 2. The van der Waals surface area contributed by atoms with E-state index in [4.69, 9.17) is 4.74 Å². The highest BCUT2D eigenvalue weighted by atomic mass is 16.5. The summed E-state index contributed by atoms with van der Waals surface area (Å²) in [5, 5.41) is 20.0. The summed E-state index contributed by atoms with van der Waals surface area (Å²) in [7, 11) is 0. The molecule has 0 aliphatic heterocycles. The van der Waals surface area contributed by atoms with Gasteiger partial charge in [-0.15, -0.1) is 0 Å². The number of carbonyl (C=O) groups excluding carboxylic acids is 1. The van der Waals surface area contributed by atoms with Gasteiger partial charge in [-0.05, 0) is 24.3 Å². The summed E-state index contributed by atoms with van der Waals surface area (Å²) < 4.78 is 5.19. The lowest BCUT2D eigenvalue weighted by Gasteiger charge is -2.09. The molecular formula is C18H12N3O3-. The zero-order chi connectivity index (χ0) is 16.9. The van der Waals surface area contributed by atoms with Crippen LogP contribution in [0.3, 0.4) is 0 Å². The second-order valence-corrected chi connectivity index (χ2v) is 4.97. The first-order chi connectivity index (χ1) is 11.7. The summed E-state index contributed by atoms with van der Waals surface area (Å²) in [6.45, 7) is -0.558. The van der Waals surface area contributed by atoms with Gasteiger partial charge in [-0.3, -0.25) is 0 Å². The third kappa shape index (κ3) is 3.25. The molecule has 6 nitrogen and oxygen atoms in total. The van der Waals surface area contributed by atoms with Crippen molar-refractivity contribution in [1.82, 2.24) is 9.97 Å². The Morgan fingerprint density at radius 1 is 1.25 bits per heavy atom. The number of nitrogens with zero attached hydrogens (tertiary/aromatic N) is 2. The molecule has 0 bridgehead atoms. The van der Waals surface area contributed by atoms with Crippen molar-refractivity contribution in [1.29, 1.82) is 5.26 Å². The van der Waals surface area contributed by atoms with Crippen LogP contribution < -0.4 is 9.84 Å². The Morgan fingerprint density at radius 2 is 2.00 bits per heavy atom. The van der Waals surface area contributed by atoms with Crippen molar-refractivity contribution in [2.45, 2.75) is 0 Å². The van der Waals surface area contributed by atoms with E-state index in [0.717, 1.165) is 11.0 Å². The average Bonchev–Trinajstić information content (AvgIpc) is 3.02. The van der Waals surface area contributed by atoms with E-state index in [1.54, 1.807) is 30.3 Å². The minimum atomic E-state index is -1.31. The number of hydrogen-bond acceptors (Lipinski definition) is 5. The molecule has 118 valence electrons. The lowest BCUT2D eigenvalue weighted by molar-refractivity contribution is -0.307. The fourth-order valence-corrected chi connectivity index (χ4v) is 2.26. The van der Waals surface area contributed by atoms with E-state index in [1.165, 1.54) is 0 Å². The van der Waals surface area contributed by atoms with Crippen molar-refractivity contribution >= 4 is 28.7 Å². The molecule has 0 spiro atoms. The molecule has 0 saturated carbocycles. The van der Waals surface area contributed by atoms with Crippen molar-refractivity contribution < 1.29 is 14.6 Å². The van der Waals surface area contributed by atoms with Gasteiger partial charge >= 0.3 is 0 Å². The highest BCUT2D eigenvalue weighted by Crippen LogP contribution is 2.24. The third-order valence-electron chi connectivity index (χ3n) is 3.33. The maximum absolute atomic E-state index is 10.6. The van der Waals surface area contributed by atoms with Gasteiger partial charge in [-0.25, -0.2) is 4.98 Å². The van der Waals surface area contributed by atoms with Gasteiger partial charge in [0.25, 0.3) is 0 Å². The highest BCUT2D eigenvalue weighted by molar-refractivity contribution is 5.91. The number of para-hydroxylation sites is 3. The maximum atomic E-state index is 10.6. The van der Waals surface area contributed by atoms with Gasteiger partial charge in [0, 0.05) is 5.56 Å². The van der Waals surface area contributed by atoms with Crippen LogP contribution in [0.25, 0.3) is 22.7 Å². The molecule has 3 rings (SSSR count). The van der Waals surface area contributed by atoms with Crippen LogP contribution in [0.1, 0.15) is 11.4 Å². The number of ether oxygens (including phenoxy) is 1. The van der Waals surface area contributed by atoms with Gasteiger partial charge < -0.3 is 19.6 Å². The lowest BCUT2D eigenvalue weighted by atomic mass is 10.1. The number of hydrogen-bond donors (Lipinski definition) is 1. The van der Waals surface area contributed by atoms with Crippen LogP contribution in [-0.4, -0.2) is 22.5 Å². The van der Waals surface area contributed by atoms with Crippen molar-refractivity contribution in [2.24, 2.45) is 0 Å². The van der Waals surface area contributed by atoms with Crippen molar-refractivity contribution in [3.63, 3.8) is 0 Å². The van der Waals surface area contributed by atoms with E-state index in [0.29, 0.717) is 22.7 Å². The molecule has 0 atom stereocenters. The number of nitriles is 1. The van der Waals surface area contributed by atoms with Gasteiger partial charge in [0.2, 0.25) is 0 Å². The molecule has 1 aromatic heterocycles. The number of aromatic amines is 1. The topological polar surface area (TPSA) is 102 Å². The molecule has 6 heteroatoms. The molecule has 0 amide bonds. The Labute approximate surface area is 137 Å². The smallest absolute Gasteiger partial charge is 0.149 e. The second kappa shape index (κ2) is 6.67. The van der Waals surface area contributed by atoms with Crippen LogP contribution in [0, 0.1) is 11.3 Å². The SMILES string of the molecule is N#C/C(=C\c1ccccc1OCC(=O)[O-])c1nc2ccccc2[nH]1. The summed E-state index contributed by atoms with van der Waals surface area (Å²) in [4.78, 5) is 18.0. The van der Waals surface area contributed by atoms with Crippen molar-refractivity contribution in [2.75, 3.05) is 6.61 Å². The number of aromatic nitrogens is 2. The standard InChI is InChI=1S/C18H13N3O3/c19-10-13(18-20-14-6-2-3-7-15(14)21-18)9-12-5-1-4-8-16(12)24-11-17(22)23/h1-9H,11H2,(H,20,21)(H,22,23)/p-1/b13-9+. The summed E-state index contributed by atoms with van der Waals surface area (Å²) in [6.07, 6.45) is 1.60. The first kappa shape index (κ1) is 15.3. The molecule has 0 saturated heterocycles. The number of carboxylic acid groups (broad SMARTS) is 1. The fourth-order valence-electron chi connectivity index (χ4n) is 2.26. The molecule has 1 heterocycles. The summed E-state index contributed by atoms with van der Waals surface area (Å²) in [6, 6.07) is 16.4. The molecule has 0 aliphatic carbocycles. The lowest BCUT2D eigenvalue weighted by Crippen LogP contribution is -2.29. The third-order valence-corrected chi connectivity index (χ3v) is 3.33. The Bertz CT molecular complexity index is 934. The number of carboxylic acids is 1. The normalized spacial score (nSPS) is 11.2. The number of rotatable bonds is 5. The van der Waals surface area contributed by atoms with Crippen LogP contribution in [0.5, 0.6) is 5.75 Å². The molecule has 1 N–H and O–H groups in total. The van der Waals surface area contributed by atoms with E-state index in [-0.39, 0.29) is 0 Å². The Balaban J connectivity index is 1.99. The Kier molecular flexibility index (Phi) is 4.25. The second-order valence-electron chi connectivity index (χ2n) is 4.97. The Morgan fingerprint density at radius 3 is 2.75 bits per heavy atom. The van der Waals surface area contributed by atoms with Gasteiger partial charge in [-0.2, -0.15) is 5.26 Å². The van der Waals surface area contributed by atoms with Gasteiger partial charge in [0.05, 0.1) is 22.6 Å². The molecule has 0 fully saturated rings. The number of imidazole rings is 1. The van der Waals surface area contributed by atoms with Crippen LogP contribution in [0.15, 0.2) is 48.5 Å². The minimum absolute atomic E-state index is 0.315. The zero-order valence-corrected chi connectivity index (χ0v) is 12.5. The van der Waals surface area contributed by atoms with Gasteiger partial charge in [0.1, 0.15) is 24.3 Å². The number of H-pyrrole nitrogens is 1. The van der Waals surface area contributed by atoms with Gasteiger partial charge in [0.15, 0.2) is 0 Å². The first-order valence-corrected chi connectivity index (χ1v) is 7.16. The average molecular weight is 318 g/mol.